The molecule has 0 aliphatic heterocycles. The highest BCUT2D eigenvalue weighted by Crippen LogP contribution is 2.32. The number of benzene rings is 1. The molecular weight excluding hydrogens is 346 g/mol. The predicted molar refractivity (Wildman–Crippen MR) is 97.3 cm³/mol. The fourth-order valence-corrected chi connectivity index (χ4v) is 5.53. The van der Waals surface area contributed by atoms with Gasteiger partial charge in [-0.15, -0.1) is 0 Å². The summed E-state index contributed by atoms with van der Waals surface area (Å²) in [7, 11) is -1.13. The van der Waals surface area contributed by atoms with Crippen LogP contribution in [0.1, 0.15) is 32.3 Å². The summed E-state index contributed by atoms with van der Waals surface area (Å²) in [5, 5.41) is 7.93. The van der Waals surface area contributed by atoms with E-state index in [9.17, 15) is 9.00 Å². The minimum absolute atomic E-state index is 0.148. The summed E-state index contributed by atoms with van der Waals surface area (Å²) in [6.45, 7) is 0. The Bertz CT molecular complexity index is 776. The van der Waals surface area contributed by atoms with Gasteiger partial charge in [0.05, 0.1) is 5.25 Å². The molecule has 6 heteroatoms. The maximum absolute atomic E-state index is 13.0. The largest absolute Gasteiger partial charge is 0.366 e. The molecule has 1 atom stereocenters. The van der Waals surface area contributed by atoms with Crippen LogP contribution in [0.5, 0.6) is 0 Å². The molecule has 3 nitrogen and oxygen atoms in total. The predicted octanol–water partition coefficient (Wildman–Crippen LogP) is 3.95. The molecule has 118 valence electrons. The number of carbonyl (C=O) groups is 1. The van der Waals surface area contributed by atoms with Gasteiger partial charge in [-0.05, 0) is 62.5 Å². The normalized spacial score (nSPS) is 12.4. The van der Waals surface area contributed by atoms with Gasteiger partial charge in [-0.2, -0.15) is 22.7 Å². The van der Waals surface area contributed by atoms with Crippen LogP contribution < -0.4 is 5.73 Å². The molecule has 2 heterocycles. The molecule has 3 aromatic rings. The highest BCUT2D eigenvalue weighted by molar-refractivity contribution is 7.84. The second kappa shape index (κ2) is 7.21. The van der Waals surface area contributed by atoms with E-state index in [1.807, 2.05) is 39.7 Å². The van der Waals surface area contributed by atoms with Crippen LogP contribution in [0.25, 0.3) is 0 Å². The van der Waals surface area contributed by atoms with Gasteiger partial charge >= 0.3 is 0 Å². The van der Waals surface area contributed by atoms with E-state index in [-0.39, 0.29) is 5.25 Å². The lowest BCUT2D eigenvalue weighted by atomic mass is 10.1. The van der Waals surface area contributed by atoms with Gasteiger partial charge in [0.1, 0.15) is 0 Å². The number of amides is 1. The van der Waals surface area contributed by atoms with E-state index in [0.29, 0.717) is 11.3 Å². The number of primary amides is 1. The van der Waals surface area contributed by atoms with E-state index < -0.39 is 16.7 Å². The second-order valence-corrected chi connectivity index (χ2v) is 8.16. The topological polar surface area (TPSA) is 60.2 Å². The molecule has 1 unspecified atom stereocenters. The van der Waals surface area contributed by atoms with Gasteiger partial charge in [0.15, 0.2) is 0 Å². The van der Waals surface area contributed by atoms with Gasteiger partial charge in [0.25, 0.3) is 0 Å². The van der Waals surface area contributed by atoms with E-state index in [1.54, 1.807) is 40.9 Å². The molecule has 3 rings (SSSR count). The average molecular weight is 362 g/mol. The van der Waals surface area contributed by atoms with Crippen molar-refractivity contribution >= 4 is 39.4 Å². The maximum atomic E-state index is 13.0. The maximum Gasteiger partial charge on any atom is 0.248 e. The first-order valence-electron chi connectivity index (χ1n) is 6.95. The lowest BCUT2D eigenvalue weighted by molar-refractivity contribution is 0.1000. The lowest BCUT2D eigenvalue weighted by Gasteiger charge is -2.15. The van der Waals surface area contributed by atoms with Crippen molar-refractivity contribution in [2.45, 2.75) is 11.0 Å². The van der Waals surface area contributed by atoms with Gasteiger partial charge in [-0.3, -0.25) is 9.00 Å². The summed E-state index contributed by atoms with van der Waals surface area (Å²) in [5.41, 5.74) is 8.75. The summed E-state index contributed by atoms with van der Waals surface area (Å²) in [4.78, 5) is 11.3. The molecule has 0 aliphatic carbocycles. The smallest absolute Gasteiger partial charge is 0.248 e. The monoisotopic (exact) mass is 361 g/mol. The van der Waals surface area contributed by atoms with Gasteiger partial charge < -0.3 is 5.73 Å². The molecule has 0 aliphatic rings. The summed E-state index contributed by atoms with van der Waals surface area (Å²) in [6, 6.07) is 11.1. The van der Waals surface area contributed by atoms with Crippen molar-refractivity contribution in [1.82, 2.24) is 0 Å². The molecule has 0 fully saturated rings. The lowest BCUT2D eigenvalue weighted by Crippen LogP contribution is -2.12. The molecular formula is C17H15NO2S3. The first-order valence-corrected chi connectivity index (χ1v) is 10.2. The number of rotatable bonds is 6. The molecule has 0 saturated carbocycles. The van der Waals surface area contributed by atoms with Crippen molar-refractivity contribution < 1.29 is 9.00 Å². The van der Waals surface area contributed by atoms with Crippen molar-refractivity contribution in [2.75, 3.05) is 0 Å². The number of hydrogen-bond acceptors (Lipinski definition) is 4. The quantitative estimate of drug-likeness (QED) is 0.723. The van der Waals surface area contributed by atoms with Gasteiger partial charge in [0.2, 0.25) is 5.91 Å². The zero-order chi connectivity index (χ0) is 16.2. The summed E-state index contributed by atoms with van der Waals surface area (Å²) < 4.78 is 13.0. The van der Waals surface area contributed by atoms with Crippen molar-refractivity contribution in [3.05, 3.63) is 80.2 Å². The van der Waals surface area contributed by atoms with E-state index in [2.05, 4.69) is 0 Å². The summed E-state index contributed by atoms with van der Waals surface area (Å²) in [5.74, 6) is -0.0813. The molecule has 0 bridgehead atoms. The highest BCUT2D eigenvalue weighted by atomic mass is 32.2. The van der Waals surface area contributed by atoms with Crippen LogP contribution >= 0.6 is 22.7 Å². The Morgan fingerprint density at radius 1 is 1.09 bits per heavy atom. The Hall–Kier alpha value is -1.76. The fraction of sp³-hybridized carbons (Fsp3) is 0.118. The minimum atomic E-state index is -1.13. The number of thiophene rings is 2. The van der Waals surface area contributed by atoms with Gasteiger partial charge in [-0.1, -0.05) is 12.1 Å². The first kappa shape index (κ1) is 16.1. The zero-order valence-electron chi connectivity index (χ0n) is 12.2. The minimum Gasteiger partial charge on any atom is -0.366 e. The number of hydrogen-bond donors (Lipinski definition) is 1. The Morgan fingerprint density at radius 3 is 2.26 bits per heavy atom. The number of nitrogens with two attached hydrogens (primary N) is 1. The van der Waals surface area contributed by atoms with E-state index in [4.69, 9.17) is 5.73 Å². The fourth-order valence-electron chi connectivity index (χ4n) is 2.41. The van der Waals surface area contributed by atoms with Crippen LogP contribution in [0.4, 0.5) is 0 Å². The highest BCUT2D eigenvalue weighted by Gasteiger charge is 2.22. The number of carbonyl (C=O) groups excluding carboxylic acids is 1. The summed E-state index contributed by atoms with van der Waals surface area (Å²) >= 11 is 3.21. The Balaban J connectivity index is 1.88. The van der Waals surface area contributed by atoms with E-state index in [1.165, 1.54) is 0 Å². The van der Waals surface area contributed by atoms with Crippen molar-refractivity contribution in [3.8, 4) is 0 Å². The first-order chi connectivity index (χ1) is 11.1. The average Bonchev–Trinajstić information content (AvgIpc) is 3.22. The van der Waals surface area contributed by atoms with Crippen LogP contribution in [0.15, 0.2) is 57.9 Å². The molecule has 0 radical (unpaired) electrons. The molecule has 2 aromatic heterocycles. The third-order valence-electron chi connectivity index (χ3n) is 3.48. The Morgan fingerprint density at radius 2 is 1.74 bits per heavy atom. The van der Waals surface area contributed by atoms with Crippen LogP contribution in [-0.2, 0) is 16.6 Å². The van der Waals surface area contributed by atoms with Gasteiger partial charge in [0, 0.05) is 22.1 Å². The van der Waals surface area contributed by atoms with Crippen LogP contribution in [0, 0.1) is 0 Å². The Kier molecular flexibility index (Phi) is 5.05. The van der Waals surface area contributed by atoms with Gasteiger partial charge in [-0.25, -0.2) is 0 Å². The molecule has 1 amide bonds. The van der Waals surface area contributed by atoms with Crippen molar-refractivity contribution in [1.29, 1.82) is 0 Å². The van der Waals surface area contributed by atoms with Crippen molar-refractivity contribution in [2.24, 2.45) is 5.73 Å². The Labute approximate surface area is 145 Å². The van der Waals surface area contributed by atoms with Crippen LogP contribution in [-0.4, -0.2) is 10.1 Å². The standard InChI is InChI=1S/C17H15NO2S3/c18-17(19)13-3-1-2-12(8-13)11-23(20)16(14-4-6-21-9-14)15-5-7-22-10-15/h1-10,16H,11H2,(H2,18,19). The molecule has 0 spiro atoms. The molecule has 1 aromatic carbocycles. The third kappa shape index (κ3) is 3.77. The zero-order valence-corrected chi connectivity index (χ0v) is 14.6. The second-order valence-electron chi connectivity index (χ2n) is 5.08. The SMILES string of the molecule is NC(=O)c1cccc(CS(=O)C(c2ccsc2)c2ccsc2)c1. The van der Waals surface area contributed by atoms with Crippen LogP contribution in [0.2, 0.25) is 0 Å². The van der Waals surface area contributed by atoms with Crippen LogP contribution in [0.3, 0.4) is 0 Å². The molecule has 0 saturated heterocycles. The van der Waals surface area contributed by atoms with Crippen molar-refractivity contribution in [3.63, 3.8) is 0 Å². The molecule has 2 N–H and O–H groups in total. The van der Waals surface area contributed by atoms with E-state index >= 15 is 0 Å². The summed E-state index contributed by atoms with van der Waals surface area (Å²) in [6.07, 6.45) is 0. The molecule has 23 heavy (non-hydrogen) atoms. The third-order valence-corrected chi connectivity index (χ3v) is 6.57. The van der Waals surface area contributed by atoms with E-state index in [0.717, 1.165) is 16.7 Å².